The van der Waals surface area contributed by atoms with E-state index in [1.54, 1.807) is 31.2 Å². The van der Waals surface area contributed by atoms with Gasteiger partial charge in [-0.05, 0) is 56.2 Å². The fraction of sp³-hybridized carbons (Fsp3) is 0.569. The predicted molar refractivity (Wildman–Crippen MR) is 290 cm³/mol. The van der Waals surface area contributed by atoms with Gasteiger partial charge in [-0.2, -0.15) is 0 Å². The summed E-state index contributed by atoms with van der Waals surface area (Å²) in [5.74, 6) is -19.0. The molecule has 2 rings (SSSR count). The summed E-state index contributed by atoms with van der Waals surface area (Å²) in [7, 11) is 0. The van der Waals surface area contributed by atoms with Gasteiger partial charge in [0.05, 0.1) is 38.0 Å². The maximum Gasteiger partial charge on any atom is 0.326 e. The molecule has 0 saturated carbocycles. The van der Waals surface area contributed by atoms with Crippen LogP contribution in [-0.2, 0) is 73.5 Å². The zero-order chi connectivity index (χ0) is 62.8. The van der Waals surface area contributed by atoms with Gasteiger partial charge in [0.15, 0.2) is 0 Å². The maximum absolute atomic E-state index is 14.1. The van der Waals surface area contributed by atoms with Crippen LogP contribution in [0.4, 0.5) is 0 Å². The number of aliphatic hydroxyl groups excluding tert-OH is 1. The summed E-state index contributed by atoms with van der Waals surface area (Å²) < 4.78 is 0. The number of aromatic nitrogens is 1. The first kappa shape index (κ1) is 70.3. The van der Waals surface area contributed by atoms with Gasteiger partial charge in [-0.15, -0.1) is 0 Å². The minimum atomic E-state index is -1.99. The first-order valence-corrected chi connectivity index (χ1v) is 26.5. The monoisotopic (exact) mass is 1180 g/mol. The summed E-state index contributed by atoms with van der Waals surface area (Å²) in [6.07, 6.45) is -3.29. The normalized spacial score (nSPS) is 15.1. The first-order chi connectivity index (χ1) is 38.9. The number of H-pyrrole nitrogens is 1. The van der Waals surface area contributed by atoms with Gasteiger partial charge in [-0.25, -0.2) is 4.79 Å². The molecule has 10 amide bonds. The number of nitrogens with one attached hydrogen (secondary N) is 10. The summed E-state index contributed by atoms with van der Waals surface area (Å²) in [6, 6.07) is -8.43. The number of aliphatic carboxylic acids is 4. The van der Waals surface area contributed by atoms with E-state index in [2.05, 4.69) is 52.8 Å². The van der Waals surface area contributed by atoms with Crippen molar-refractivity contribution in [3.63, 3.8) is 0 Å². The molecule has 21 N–H and O–H groups in total. The molecule has 32 heteroatoms. The van der Waals surface area contributed by atoms with Crippen molar-refractivity contribution < 1.29 is 92.7 Å². The van der Waals surface area contributed by atoms with Crippen LogP contribution in [0.1, 0.15) is 98.0 Å². The number of aliphatic hydroxyl groups is 1. The molecule has 0 fully saturated rings. The molecule has 32 nitrogen and oxygen atoms in total. The van der Waals surface area contributed by atoms with Crippen molar-refractivity contribution in [1.29, 1.82) is 0 Å². The molecule has 0 aliphatic carbocycles. The highest BCUT2D eigenvalue weighted by Gasteiger charge is 2.38. The summed E-state index contributed by atoms with van der Waals surface area (Å²) in [5.41, 5.74) is 17.7. The number of fused-ring (bicyclic) bond motifs is 1. The van der Waals surface area contributed by atoms with Crippen molar-refractivity contribution in [2.75, 3.05) is 13.1 Å². The molecule has 0 bridgehead atoms. The van der Waals surface area contributed by atoms with Crippen molar-refractivity contribution in [1.82, 2.24) is 52.8 Å². The van der Waals surface area contributed by atoms with E-state index in [9.17, 15) is 92.7 Å². The predicted octanol–water partition coefficient (Wildman–Crippen LogP) is -4.98. The topological polar surface area (TPSA) is 542 Å². The third-order valence-electron chi connectivity index (χ3n) is 12.9. The number of rotatable bonds is 38. The minimum Gasteiger partial charge on any atom is -0.481 e. The number of primary amides is 1. The molecule has 1 aromatic carbocycles. The summed E-state index contributed by atoms with van der Waals surface area (Å²) in [4.78, 5) is 184. The van der Waals surface area contributed by atoms with E-state index in [-0.39, 0.29) is 19.3 Å². The lowest BCUT2D eigenvalue weighted by Gasteiger charge is -2.29. The molecule has 0 aliphatic heterocycles. The van der Waals surface area contributed by atoms with Crippen molar-refractivity contribution in [2.45, 2.75) is 159 Å². The Morgan fingerprint density at radius 3 is 1.60 bits per heavy atom. The molecule has 0 spiro atoms. The second kappa shape index (κ2) is 34.5. The Kier molecular flexibility index (Phi) is 29.2. The number of amides is 10. The largest absolute Gasteiger partial charge is 0.481 e. The number of para-hydroxylation sites is 1. The lowest BCUT2D eigenvalue weighted by molar-refractivity contribution is -0.147. The van der Waals surface area contributed by atoms with E-state index >= 15 is 0 Å². The van der Waals surface area contributed by atoms with Gasteiger partial charge in [-0.3, -0.25) is 62.3 Å². The number of aromatic amines is 1. The number of hydrogen-bond donors (Lipinski definition) is 18. The third kappa shape index (κ3) is 24.1. The van der Waals surface area contributed by atoms with Gasteiger partial charge in [0.1, 0.15) is 48.3 Å². The molecule has 0 saturated heterocycles. The smallest absolute Gasteiger partial charge is 0.326 e. The minimum absolute atomic E-state index is 0.159. The fourth-order valence-corrected chi connectivity index (χ4v) is 8.07. The van der Waals surface area contributed by atoms with Gasteiger partial charge < -0.3 is 95.6 Å². The molecule has 1 heterocycles. The van der Waals surface area contributed by atoms with Crippen LogP contribution >= 0.6 is 0 Å². The number of carboxylic acid groups (broad SMARTS) is 4. The Morgan fingerprint density at radius 2 is 1.06 bits per heavy atom. The van der Waals surface area contributed by atoms with Crippen LogP contribution in [-0.4, -0.2) is 187 Å². The fourth-order valence-electron chi connectivity index (χ4n) is 8.07. The van der Waals surface area contributed by atoms with Gasteiger partial charge in [0.2, 0.25) is 59.1 Å². The number of hydrogen-bond acceptors (Lipinski definition) is 17. The number of carbonyl (C=O) groups is 14. The Morgan fingerprint density at radius 1 is 0.566 bits per heavy atom. The Balaban J connectivity index is 2.34. The van der Waals surface area contributed by atoms with E-state index in [0.29, 0.717) is 35.9 Å². The van der Waals surface area contributed by atoms with E-state index in [0.717, 1.165) is 6.92 Å². The number of carbonyl (C=O) groups excluding carboxylic acids is 10. The van der Waals surface area contributed by atoms with Crippen molar-refractivity contribution in [3.8, 4) is 0 Å². The van der Waals surface area contributed by atoms with E-state index < -0.39 is 194 Å². The molecule has 460 valence electrons. The maximum atomic E-state index is 14.1. The lowest BCUT2D eigenvalue weighted by Crippen LogP contribution is -2.61. The van der Waals surface area contributed by atoms with Gasteiger partial charge in [-0.1, -0.05) is 58.7 Å². The molecular weight excluding hydrogens is 1100 g/mol. The van der Waals surface area contributed by atoms with Gasteiger partial charge >= 0.3 is 23.9 Å². The molecular formula is C51H77N13O19. The summed E-state index contributed by atoms with van der Waals surface area (Å²) in [5, 5.41) is 69.6. The van der Waals surface area contributed by atoms with E-state index in [4.69, 9.17) is 17.2 Å². The molecule has 0 radical (unpaired) electrons. The summed E-state index contributed by atoms with van der Waals surface area (Å²) >= 11 is 0. The zero-order valence-electron chi connectivity index (χ0n) is 46.5. The molecule has 83 heavy (non-hydrogen) atoms. The second-order valence-corrected chi connectivity index (χ2v) is 20.0. The van der Waals surface area contributed by atoms with E-state index in [1.165, 1.54) is 27.0 Å². The SMILES string of the molecule is CC[C@H](C)[C@H](NC(=O)CNC(=O)[C@@H](NC(=O)[C@H](CC(=O)O)NC(=O)[C@@H](N)CCCCN)[C@@H](C)O)C(=O)N[C@@H](CCC(N)=O)C(=O)N[C@H](C(=O)N[C@@H](CC(=O)O)C(=O)N[C@@H](Cc1c[nH]c2ccccc12)C(=O)N[C@@H](CC(=O)O)C(=O)O)C(C)C. The van der Waals surface area contributed by atoms with Crippen LogP contribution in [0.25, 0.3) is 10.9 Å². The van der Waals surface area contributed by atoms with Crippen LogP contribution < -0.4 is 65.1 Å². The quantitative estimate of drug-likeness (QED) is 0.0280. The number of nitrogens with two attached hydrogens (primary N) is 3. The number of unbranched alkanes of at least 4 members (excludes halogenated alkanes) is 1. The highest BCUT2D eigenvalue weighted by molar-refractivity contribution is 6.00. The Hall–Kier alpha value is -8.78. The molecule has 0 aliphatic rings. The van der Waals surface area contributed by atoms with Crippen LogP contribution in [0.5, 0.6) is 0 Å². The average molecular weight is 1180 g/mol. The standard InChI is InChI=1S/C51H77N13O19/c1-6-24(4)41(62-36(67)22-56-48(79)42(25(5)65)64-47(78)33(19-38(70)71)58-43(74)28(53)12-9-10-16-52)50(81)57-30(14-15-35(54)66)44(75)63-40(23(2)3)49(80)60-32(18-37(68)69)46(77)59-31(45(76)61-34(51(82)83)20-39(72)73)17-26-21-55-29-13-8-7-11-27(26)29/h7-8,11,13,21,23-25,28,30-34,40-42,55,65H,6,9-10,12,14-20,22,52-53H2,1-5H3,(H2,54,66)(H,56,79)(H,57,81)(H,58,74)(H,59,77)(H,60,80)(H,61,76)(H,62,67)(H,63,75)(H,64,78)(H,68,69)(H,70,71)(H,72,73)(H,82,83)/t24-,25+,28-,30-,31-,32-,33-,34-,40-,41-,42-/m0/s1. The van der Waals surface area contributed by atoms with Crippen molar-refractivity contribution in [2.24, 2.45) is 29.0 Å². The average Bonchev–Trinajstić information content (AvgIpc) is 4.03. The summed E-state index contributed by atoms with van der Waals surface area (Å²) in [6.45, 7) is 6.58. The zero-order valence-corrected chi connectivity index (χ0v) is 46.5. The van der Waals surface area contributed by atoms with Crippen LogP contribution in [0.3, 0.4) is 0 Å². The number of carboxylic acids is 4. The van der Waals surface area contributed by atoms with Gasteiger partial charge in [0.25, 0.3) is 0 Å². The third-order valence-corrected chi connectivity index (χ3v) is 12.9. The van der Waals surface area contributed by atoms with E-state index in [1.807, 2.05) is 0 Å². The number of benzene rings is 1. The second-order valence-electron chi connectivity index (χ2n) is 20.0. The van der Waals surface area contributed by atoms with Crippen LogP contribution in [0.2, 0.25) is 0 Å². The molecule has 11 atom stereocenters. The Labute approximate surface area is 475 Å². The lowest BCUT2D eigenvalue weighted by atomic mass is 9.97. The molecule has 0 unspecified atom stereocenters. The van der Waals surface area contributed by atoms with Crippen LogP contribution in [0, 0.1) is 11.8 Å². The first-order valence-electron chi connectivity index (χ1n) is 26.5. The highest BCUT2D eigenvalue weighted by Crippen LogP contribution is 2.20. The van der Waals surface area contributed by atoms with Crippen LogP contribution in [0.15, 0.2) is 30.5 Å². The van der Waals surface area contributed by atoms with Crippen molar-refractivity contribution in [3.05, 3.63) is 36.0 Å². The van der Waals surface area contributed by atoms with Gasteiger partial charge in [0, 0.05) is 29.9 Å². The highest BCUT2D eigenvalue weighted by atomic mass is 16.4. The molecule has 2 aromatic rings. The Bertz CT molecular complexity index is 2660. The molecule has 1 aromatic heterocycles. The van der Waals surface area contributed by atoms with Crippen molar-refractivity contribution >= 4 is 93.9 Å².